The number of hydrogen-bond acceptors (Lipinski definition) is 4. The maximum Gasteiger partial charge on any atom is 0.324 e. The van der Waals surface area contributed by atoms with Gasteiger partial charge in [0, 0.05) is 12.4 Å². The maximum atomic E-state index is 10.9. The van der Waals surface area contributed by atoms with Gasteiger partial charge in [0.1, 0.15) is 5.54 Å². The largest absolute Gasteiger partial charge is 0.480 e. The molecule has 5 heteroatoms. The van der Waals surface area contributed by atoms with Crippen molar-refractivity contribution in [3.63, 3.8) is 0 Å². The van der Waals surface area contributed by atoms with Gasteiger partial charge in [-0.05, 0) is 25.6 Å². The zero-order valence-corrected chi connectivity index (χ0v) is 9.73. The van der Waals surface area contributed by atoms with Crippen LogP contribution in [-0.4, -0.2) is 46.9 Å². The van der Waals surface area contributed by atoms with Gasteiger partial charge in [-0.2, -0.15) is 11.8 Å². The second-order valence-electron chi connectivity index (χ2n) is 3.69. The van der Waals surface area contributed by atoms with Gasteiger partial charge in [-0.3, -0.25) is 4.79 Å². The van der Waals surface area contributed by atoms with Crippen LogP contribution in [0.5, 0.6) is 0 Å². The van der Waals surface area contributed by atoms with Gasteiger partial charge in [-0.1, -0.05) is 6.92 Å². The molecular formula is C9H19NO3S. The van der Waals surface area contributed by atoms with E-state index in [1.807, 2.05) is 6.92 Å². The molecule has 0 spiro atoms. The highest BCUT2D eigenvalue weighted by Gasteiger charge is 2.30. The molecule has 0 heterocycles. The number of aliphatic hydroxyl groups is 1. The molecule has 0 bridgehead atoms. The topological polar surface area (TPSA) is 69.6 Å². The quantitative estimate of drug-likeness (QED) is 0.581. The SMILES string of the molecule is CNC(C)(CSCC(C)CO)C(=O)O. The van der Waals surface area contributed by atoms with Crippen LogP contribution in [0.3, 0.4) is 0 Å². The summed E-state index contributed by atoms with van der Waals surface area (Å²) in [5.74, 6) is 0.656. The fraction of sp³-hybridized carbons (Fsp3) is 0.889. The minimum Gasteiger partial charge on any atom is -0.480 e. The number of rotatable bonds is 7. The van der Waals surface area contributed by atoms with Crippen LogP contribution in [-0.2, 0) is 4.79 Å². The number of carboxylic acids is 1. The van der Waals surface area contributed by atoms with Crippen LogP contribution < -0.4 is 5.32 Å². The Morgan fingerprint density at radius 1 is 1.64 bits per heavy atom. The summed E-state index contributed by atoms with van der Waals surface area (Å²) in [7, 11) is 1.64. The highest BCUT2D eigenvalue weighted by Crippen LogP contribution is 2.15. The lowest BCUT2D eigenvalue weighted by molar-refractivity contribution is -0.142. The molecule has 0 aromatic rings. The first kappa shape index (κ1) is 13.7. The van der Waals surface area contributed by atoms with E-state index in [1.165, 1.54) is 0 Å². The molecule has 0 saturated heterocycles. The Hall–Kier alpha value is -0.260. The third-order valence-electron chi connectivity index (χ3n) is 2.13. The predicted molar refractivity (Wildman–Crippen MR) is 58.7 cm³/mol. The Morgan fingerprint density at radius 3 is 2.57 bits per heavy atom. The molecule has 4 nitrogen and oxygen atoms in total. The number of thioether (sulfide) groups is 1. The third kappa shape index (κ3) is 4.30. The first-order valence-corrected chi connectivity index (χ1v) is 5.72. The minimum atomic E-state index is -0.875. The van der Waals surface area contributed by atoms with Crippen LogP contribution in [0.1, 0.15) is 13.8 Å². The molecule has 0 aromatic heterocycles. The van der Waals surface area contributed by atoms with Crippen molar-refractivity contribution in [2.75, 3.05) is 25.2 Å². The molecule has 84 valence electrons. The normalized spacial score (nSPS) is 17.4. The van der Waals surface area contributed by atoms with Crippen LogP contribution in [0.4, 0.5) is 0 Å². The van der Waals surface area contributed by atoms with Crippen molar-refractivity contribution >= 4 is 17.7 Å². The zero-order chi connectivity index (χ0) is 11.2. The Balaban J connectivity index is 3.90. The molecule has 0 amide bonds. The number of nitrogens with one attached hydrogen (secondary N) is 1. The third-order valence-corrected chi connectivity index (χ3v) is 3.71. The van der Waals surface area contributed by atoms with Crippen molar-refractivity contribution < 1.29 is 15.0 Å². The molecule has 0 aliphatic carbocycles. The first-order chi connectivity index (χ1) is 6.46. The Morgan fingerprint density at radius 2 is 2.21 bits per heavy atom. The molecule has 0 aliphatic heterocycles. The number of aliphatic hydroxyl groups excluding tert-OH is 1. The zero-order valence-electron chi connectivity index (χ0n) is 8.91. The van der Waals surface area contributed by atoms with Gasteiger partial charge in [-0.15, -0.1) is 0 Å². The van der Waals surface area contributed by atoms with E-state index in [2.05, 4.69) is 5.32 Å². The van der Waals surface area contributed by atoms with E-state index in [4.69, 9.17) is 10.2 Å². The molecule has 14 heavy (non-hydrogen) atoms. The van der Waals surface area contributed by atoms with E-state index in [9.17, 15) is 4.79 Å². The van der Waals surface area contributed by atoms with E-state index in [1.54, 1.807) is 25.7 Å². The van der Waals surface area contributed by atoms with Crippen LogP contribution >= 0.6 is 11.8 Å². The summed E-state index contributed by atoms with van der Waals surface area (Å²) in [6.07, 6.45) is 0. The summed E-state index contributed by atoms with van der Waals surface area (Å²) >= 11 is 1.54. The number of carboxylic acid groups (broad SMARTS) is 1. The van der Waals surface area contributed by atoms with Crippen LogP contribution in [0.25, 0.3) is 0 Å². The lowest BCUT2D eigenvalue weighted by Gasteiger charge is -2.24. The number of likely N-dealkylation sites (N-methyl/N-ethyl adjacent to an activating group) is 1. The molecule has 0 radical (unpaired) electrons. The van der Waals surface area contributed by atoms with E-state index in [0.717, 1.165) is 5.75 Å². The molecular weight excluding hydrogens is 202 g/mol. The summed E-state index contributed by atoms with van der Waals surface area (Å²) in [6.45, 7) is 3.74. The van der Waals surface area contributed by atoms with Gasteiger partial charge >= 0.3 is 5.97 Å². The van der Waals surface area contributed by atoms with Gasteiger partial charge in [-0.25, -0.2) is 0 Å². The molecule has 3 N–H and O–H groups in total. The highest BCUT2D eigenvalue weighted by atomic mass is 32.2. The van der Waals surface area contributed by atoms with E-state index >= 15 is 0 Å². The standard InChI is InChI=1S/C9H19NO3S/c1-7(4-11)5-14-6-9(2,10-3)8(12)13/h7,10-11H,4-6H2,1-3H3,(H,12,13). The Labute approximate surface area is 89.1 Å². The summed E-state index contributed by atoms with van der Waals surface area (Å²) in [5, 5.41) is 20.5. The molecule has 0 rings (SSSR count). The first-order valence-electron chi connectivity index (χ1n) is 4.57. The molecule has 0 aromatic carbocycles. The maximum absolute atomic E-state index is 10.9. The summed E-state index contributed by atoms with van der Waals surface area (Å²) in [5.41, 5.74) is -0.875. The molecule has 2 unspecified atom stereocenters. The average Bonchev–Trinajstić information content (AvgIpc) is 2.16. The Kier molecular flexibility index (Phi) is 6.15. The molecule has 0 saturated carbocycles. The summed E-state index contributed by atoms with van der Waals surface area (Å²) in [4.78, 5) is 10.9. The van der Waals surface area contributed by atoms with Gasteiger partial charge in [0.05, 0.1) is 0 Å². The lowest BCUT2D eigenvalue weighted by Crippen LogP contribution is -2.49. The minimum absolute atomic E-state index is 0.149. The van der Waals surface area contributed by atoms with E-state index in [0.29, 0.717) is 5.75 Å². The number of carbonyl (C=O) groups is 1. The van der Waals surface area contributed by atoms with Crippen molar-refractivity contribution in [2.24, 2.45) is 5.92 Å². The summed E-state index contributed by atoms with van der Waals surface area (Å²) in [6, 6.07) is 0. The fourth-order valence-electron chi connectivity index (χ4n) is 0.758. The van der Waals surface area contributed by atoms with Gasteiger partial charge in [0.15, 0.2) is 0 Å². The number of hydrogen-bond donors (Lipinski definition) is 3. The fourth-order valence-corrected chi connectivity index (χ4v) is 2.06. The highest BCUT2D eigenvalue weighted by molar-refractivity contribution is 7.99. The van der Waals surface area contributed by atoms with Gasteiger partial charge in [0.2, 0.25) is 0 Å². The van der Waals surface area contributed by atoms with Crippen LogP contribution in [0, 0.1) is 5.92 Å². The summed E-state index contributed by atoms with van der Waals surface area (Å²) < 4.78 is 0. The Bertz CT molecular complexity index is 189. The van der Waals surface area contributed by atoms with Crippen LogP contribution in [0.2, 0.25) is 0 Å². The van der Waals surface area contributed by atoms with Crippen LogP contribution in [0.15, 0.2) is 0 Å². The molecule has 0 aliphatic rings. The number of aliphatic carboxylic acids is 1. The average molecular weight is 221 g/mol. The van der Waals surface area contributed by atoms with E-state index < -0.39 is 11.5 Å². The molecule has 2 atom stereocenters. The second-order valence-corrected chi connectivity index (χ2v) is 4.72. The van der Waals surface area contributed by atoms with Crippen molar-refractivity contribution in [3.8, 4) is 0 Å². The smallest absolute Gasteiger partial charge is 0.324 e. The van der Waals surface area contributed by atoms with Gasteiger partial charge in [0.25, 0.3) is 0 Å². The van der Waals surface area contributed by atoms with Crippen molar-refractivity contribution in [1.29, 1.82) is 0 Å². The lowest BCUT2D eigenvalue weighted by atomic mass is 10.1. The van der Waals surface area contributed by atoms with Crippen molar-refractivity contribution in [2.45, 2.75) is 19.4 Å². The van der Waals surface area contributed by atoms with E-state index in [-0.39, 0.29) is 12.5 Å². The van der Waals surface area contributed by atoms with Gasteiger partial charge < -0.3 is 15.5 Å². The van der Waals surface area contributed by atoms with Crippen molar-refractivity contribution in [3.05, 3.63) is 0 Å². The van der Waals surface area contributed by atoms with Crippen molar-refractivity contribution in [1.82, 2.24) is 5.32 Å². The monoisotopic (exact) mass is 221 g/mol. The molecule has 0 fully saturated rings. The predicted octanol–water partition coefficient (Wildman–Crippen LogP) is 0.411. The second kappa shape index (κ2) is 6.27.